The molecule has 0 aliphatic rings. The van der Waals surface area contributed by atoms with E-state index in [9.17, 15) is 0 Å². The van der Waals surface area contributed by atoms with E-state index in [1.165, 1.54) is 11.1 Å². The third kappa shape index (κ3) is 5.32. The monoisotopic (exact) mass is 260 g/mol. The molecule has 0 aromatic heterocycles. The molecule has 0 aliphatic carbocycles. The van der Waals surface area contributed by atoms with Crippen molar-refractivity contribution in [3.8, 4) is 11.8 Å². The predicted octanol–water partition coefficient (Wildman–Crippen LogP) is 3.04. The normalized spacial score (nSPS) is 10.5. The molecule has 0 radical (unpaired) electrons. The summed E-state index contributed by atoms with van der Waals surface area (Å²) in [5.74, 6) is 0.975. The molecule has 0 bridgehead atoms. The van der Waals surface area contributed by atoms with E-state index in [1.54, 1.807) is 7.11 Å². The van der Waals surface area contributed by atoms with Gasteiger partial charge in [0.15, 0.2) is 0 Å². The number of methoxy groups -OCH3 is 1. The van der Waals surface area contributed by atoms with E-state index in [1.807, 2.05) is 0 Å². The number of likely N-dealkylation sites (N-methyl/N-ethyl adjacent to an activating group) is 1. The maximum absolute atomic E-state index is 8.53. The fraction of sp³-hybridized carbons (Fsp3) is 0.562. The highest BCUT2D eigenvalue weighted by atomic mass is 16.5. The van der Waals surface area contributed by atoms with Crippen LogP contribution in [0.2, 0.25) is 0 Å². The van der Waals surface area contributed by atoms with Crippen LogP contribution in [0.3, 0.4) is 0 Å². The fourth-order valence-electron chi connectivity index (χ4n) is 2.10. The summed E-state index contributed by atoms with van der Waals surface area (Å²) in [5, 5.41) is 8.53. The summed E-state index contributed by atoms with van der Waals surface area (Å²) >= 11 is 0. The summed E-state index contributed by atoms with van der Waals surface area (Å²) in [6.45, 7) is 4.14. The Morgan fingerprint density at radius 3 is 2.74 bits per heavy atom. The Bertz CT molecular complexity index is 423. The first-order valence-corrected chi connectivity index (χ1v) is 6.92. The minimum atomic E-state index is 0.638. The molecular formula is C16H24N2O. The van der Waals surface area contributed by atoms with Gasteiger partial charge >= 0.3 is 0 Å². The molecule has 0 amide bonds. The Balaban J connectivity index is 2.53. The average Bonchev–Trinajstić information content (AvgIpc) is 2.45. The maximum Gasteiger partial charge on any atom is 0.122 e. The van der Waals surface area contributed by atoms with E-state index >= 15 is 0 Å². The molecule has 3 nitrogen and oxygen atoms in total. The number of nitriles is 1. The van der Waals surface area contributed by atoms with Crippen molar-refractivity contribution in [2.45, 2.75) is 32.6 Å². The van der Waals surface area contributed by atoms with Crippen LogP contribution in [0.25, 0.3) is 0 Å². The molecule has 0 aliphatic heterocycles. The minimum absolute atomic E-state index is 0.638. The number of benzene rings is 1. The highest BCUT2D eigenvalue weighted by Crippen LogP contribution is 2.21. The van der Waals surface area contributed by atoms with Crippen LogP contribution in [-0.4, -0.2) is 32.1 Å². The van der Waals surface area contributed by atoms with Gasteiger partial charge in [0.1, 0.15) is 5.75 Å². The van der Waals surface area contributed by atoms with Crippen LogP contribution in [0.5, 0.6) is 5.75 Å². The number of aryl methyl sites for hydroxylation is 1. The van der Waals surface area contributed by atoms with Crippen molar-refractivity contribution in [1.82, 2.24) is 4.90 Å². The van der Waals surface area contributed by atoms with Gasteiger partial charge in [-0.3, -0.25) is 0 Å². The second-order valence-electron chi connectivity index (χ2n) is 4.81. The summed E-state index contributed by atoms with van der Waals surface area (Å²) in [7, 11) is 3.83. The molecule has 0 N–H and O–H groups in total. The van der Waals surface area contributed by atoms with Crippen molar-refractivity contribution < 1.29 is 4.74 Å². The number of hydrogen-bond donors (Lipinski definition) is 0. The van der Waals surface area contributed by atoms with Crippen LogP contribution in [0.15, 0.2) is 18.2 Å². The quantitative estimate of drug-likeness (QED) is 0.674. The van der Waals surface area contributed by atoms with E-state index in [2.05, 4.69) is 43.1 Å². The average molecular weight is 260 g/mol. The number of nitrogens with zero attached hydrogens (tertiary/aromatic N) is 2. The molecule has 0 saturated heterocycles. The molecule has 1 aromatic rings. The van der Waals surface area contributed by atoms with Gasteiger partial charge in [-0.1, -0.05) is 19.1 Å². The maximum atomic E-state index is 8.53. The van der Waals surface area contributed by atoms with Gasteiger partial charge in [-0.15, -0.1) is 0 Å². The van der Waals surface area contributed by atoms with Crippen molar-refractivity contribution >= 4 is 0 Å². The van der Waals surface area contributed by atoms with Crippen molar-refractivity contribution in [1.29, 1.82) is 5.26 Å². The Morgan fingerprint density at radius 1 is 1.32 bits per heavy atom. The van der Waals surface area contributed by atoms with Crippen molar-refractivity contribution in [3.63, 3.8) is 0 Å². The summed E-state index contributed by atoms with van der Waals surface area (Å²) in [4.78, 5) is 2.27. The van der Waals surface area contributed by atoms with Crippen LogP contribution >= 0.6 is 0 Å². The number of hydrogen-bond acceptors (Lipinski definition) is 3. The van der Waals surface area contributed by atoms with Crippen LogP contribution in [0.4, 0.5) is 0 Å². The van der Waals surface area contributed by atoms with E-state index in [0.29, 0.717) is 6.42 Å². The molecule has 0 fully saturated rings. The first-order chi connectivity index (χ1) is 9.21. The molecular weight excluding hydrogens is 236 g/mol. The summed E-state index contributed by atoms with van der Waals surface area (Å²) < 4.78 is 5.41. The third-order valence-corrected chi connectivity index (χ3v) is 3.34. The third-order valence-electron chi connectivity index (χ3n) is 3.34. The summed E-state index contributed by atoms with van der Waals surface area (Å²) in [6, 6.07) is 8.60. The molecule has 3 heteroatoms. The van der Waals surface area contributed by atoms with Gasteiger partial charge in [0.25, 0.3) is 0 Å². The zero-order valence-electron chi connectivity index (χ0n) is 12.3. The predicted molar refractivity (Wildman–Crippen MR) is 78.4 cm³/mol. The van der Waals surface area contributed by atoms with Gasteiger partial charge in [0, 0.05) is 13.0 Å². The van der Waals surface area contributed by atoms with Crippen LogP contribution in [-0.2, 0) is 12.8 Å². The van der Waals surface area contributed by atoms with Gasteiger partial charge in [-0.25, -0.2) is 0 Å². The molecule has 19 heavy (non-hydrogen) atoms. The van der Waals surface area contributed by atoms with E-state index in [0.717, 1.165) is 38.1 Å². The topological polar surface area (TPSA) is 36.3 Å². The molecule has 0 unspecified atom stereocenters. The van der Waals surface area contributed by atoms with Crippen LogP contribution < -0.4 is 4.74 Å². The van der Waals surface area contributed by atoms with Crippen molar-refractivity contribution in [2.75, 3.05) is 27.2 Å². The summed E-state index contributed by atoms with van der Waals surface area (Å²) in [5.41, 5.74) is 2.62. The molecule has 0 atom stereocenters. The first kappa shape index (κ1) is 15.5. The first-order valence-electron chi connectivity index (χ1n) is 6.92. The van der Waals surface area contributed by atoms with Crippen molar-refractivity contribution in [3.05, 3.63) is 29.3 Å². The fourth-order valence-corrected chi connectivity index (χ4v) is 2.10. The molecule has 104 valence electrons. The van der Waals surface area contributed by atoms with Gasteiger partial charge in [-0.05, 0) is 50.0 Å². The number of rotatable bonds is 8. The van der Waals surface area contributed by atoms with E-state index in [-0.39, 0.29) is 0 Å². The van der Waals surface area contributed by atoms with Gasteiger partial charge < -0.3 is 9.64 Å². The minimum Gasteiger partial charge on any atom is -0.496 e. The molecule has 0 heterocycles. The standard InChI is InChI=1S/C16H24N2O/c1-4-14-7-8-16(19-3)15(13-14)9-12-18(2)11-6-5-10-17/h7-8,13H,4-6,9,11-12H2,1-3H3. The molecule has 1 rings (SSSR count). The Hall–Kier alpha value is -1.53. The molecule has 0 spiro atoms. The van der Waals surface area contributed by atoms with Crippen molar-refractivity contribution in [2.24, 2.45) is 0 Å². The van der Waals surface area contributed by atoms with E-state index < -0.39 is 0 Å². The highest BCUT2D eigenvalue weighted by Gasteiger charge is 2.06. The smallest absolute Gasteiger partial charge is 0.122 e. The second-order valence-corrected chi connectivity index (χ2v) is 4.81. The van der Waals surface area contributed by atoms with Crippen LogP contribution in [0, 0.1) is 11.3 Å². The Morgan fingerprint density at radius 2 is 2.11 bits per heavy atom. The lowest BCUT2D eigenvalue weighted by atomic mass is 10.0. The number of ether oxygens (including phenoxy) is 1. The molecule has 0 saturated carbocycles. The van der Waals surface area contributed by atoms with Gasteiger partial charge in [0.05, 0.1) is 13.2 Å². The zero-order valence-corrected chi connectivity index (χ0v) is 12.3. The Kier molecular flexibility index (Phi) is 6.99. The highest BCUT2D eigenvalue weighted by molar-refractivity contribution is 5.37. The molecule has 1 aromatic carbocycles. The lowest BCUT2D eigenvalue weighted by Crippen LogP contribution is -2.22. The van der Waals surface area contributed by atoms with Gasteiger partial charge in [-0.2, -0.15) is 5.26 Å². The second kappa shape index (κ2) is 8.55. The summed E-state index contributed by atoms with van der Waals surface area (Å²) in [6.07, 6.45) is 3.62. The number of unbranched alkanes of at least 4 members (excludes halogenated alkanes) is 1. The largest absolute Gasteiger partial charge is 0.496 e. The SMILES string of the molecule is CCc1ccc(OC)c(CCN(C)CCCC#N)c1. The lowest BCUT2D eigenvalue weighted by Gasteiger charge is -2.17. The lowest BCUT2D eigenvalue weighted by molar-refractivity contribution is 0.332. The van der Waals surface area contributed by atoms with Crippen LogP contribution in [0.1, 0.15) is 30.9 Å². The Labute approximate surface area is 116 Å². The zero-order chi connectivity index (χ0) is 14.1. The van der Waals surface area contributed by atoms with Gasteiger partial charge in [0.2, 0.25) is 0 Å². The van der Waals surface area contributed by atoms with E-state index in [4.69, 9.17) is 10.00 Å².